The molecule has 0 atom stereocenters. The zero-order valence-corrected chi connectivity index (χ0v) is 8.27. The zero-order chi connectivity index (χ0) is 9.10. The minimum absolute atomic E-state index is 0.729. The van der Waals surface area contributed by atoms with Crippen LogP contribution in [0.5, 0.6) is 0 Å². The Morgan fingerprint density at radius 2 is 1.85 bits per heavy atom. The van der Waals surface area contributed by atoms with Gasteiger partial charge in [-0.25, -0.2) is 0 Å². The number of rotatable bonds is 1. The first kappa shape index (κ1) is 8.31. The molecular weight excluding hydrogens is 230 g/mol. The second-order valence-electron chi connectivity index (χ2n) is 2.46. The molecule has 0 bridgehead atoms. The zero-order valence-electron chi connectivity index (χ0n) is 6.68. The van der Waals surface area contributed by atoms with E-state index >= 15 is 0 Å². The summed E-state index contributed by atoms with van der Waals surface area (Å²) in [4.78, 5) is 4.16. The molecular formula is C9H6BrN3. The molecule has 2 rings (SSSR count). The molecule has 0 radical (unpaired) electrons. The Bertz CT molecular complexity index is 385. The third-order valence-corrected chi connectivity index (χ3v) is 1.98. The number of hydrogen-bond donors (Lipinski definition) is 0. The highest BCUT2D eigenvalue weighted by atomic mass is 79.9. The van der Waals surface area contributed by atoms with Gasteiger partial charge in [-0.2, -0.15) is 0 Å². The van der Waals surface area contributed by atoms with Gasteiger partial charge in [0.15, 0.2) is 0 Å². The molecule has 0 fully saturated rings. The SMILES string of the molecule is Brc1ccc(-c2ccccn2)nn1. The van der Waals surface area contributed by atoms with Crippen LogP contribution in [0, 0.1) is 0 Å². The predicted octanol–water partition coefficient (Wildman–Crippen LogP) is 2.30. The van der Waals surface area contributed by atoms with Crippen molar-refractivity contribution in [2.45, 2.75) is 0 Å². The third kappa shape index (κ3) is 1.89. The molecule has 0 saturated heterocycles. The van der Waals surface area contributed by atoms with Crippen LogP contribution in [0.4, 0.5) is 0 Å². The summed E-state index contributed by atoms with van der Waals surface area (Å²) in [6.07, 6.45) is 1.74. The lowest BCUT2D eigenvalue weighted by Gasteiger charge is -1.96. The normalized spacial score (nSPS) is 9.92. The van der Waals surface area contributed by atoms with E-state index in [1.807, 2.05) is 30.3 Å². The lowest BCUT2D eigenvalue weighted by Crippen LogP contribution is -1.88. The topological polar surface area (TPSA) is 38.7 Å². The van der Waals surface area contributed by atoms with Gasteiger partial charge in [0.05, 0.1) is 5.69 Å². The van der Waals surface area contributed by atoms with Crippen molar-refractivity contribution < 1.29 is 0 Å². The number of nitrogens with zero attached hydrogens (tertiary/aromatic N) is 3. The number of aromatic nitrogens is 3. The standard InChI is InChI=1S/C9H6BrN3/c10-9-5-4-8(12-13-9)7-3-1-2-6-11-7/h1-6H. The highest BCUT2D eigenvalue weighted by Gasteiger charge is 1.99. The van der Waals surface area contributed by atoms with Crippen LogP contribution in [-0.4, -0.2) is 15.2 Å². The molecule has 2 aromatic heterocycles. The highest BCUT2D eigenvalue weighted by Crippen LogP contribution is 2.13. The number of hydrogen-bond acceptors (Lipinski definition) is 3. The monoisotopic (exact) mass is 235 g/mol. The van der Waals surface area contributed by atoms with E-state index in [-0.39, 0.29) is 0 Å². The fourth-order valence-corrected chi connectivity index (χ4v) is 1.18. The Morgan fingerprint density at radius 3 is 2.46 bits per heavy atom. The van der Waals surface area contributed by atoms with Gasteiger partial charge in [-0.05, 0) is 40.2 Å². The van der Waals surface area contributed by atoms with Crippen molar-refractivity contribution >= 4 is 15.9 Å². The lowest BCUT2D eigenvalue weighted by molar-refractivity contribution is 1.00. The first-order chi connectivity index (χ1) is 6.36. The van der Waals surface area contributed by atoms with Crippen LogP contribution in [0.1, 0.15) is 0 Å². The van der Waals surface area contributed by atoms with Gasteiger partial charge < -0.3 is 0 Å². The van der Waals surface area contributed by atoms with Crippen molar-refractivity contribution in [3.63, 3.8) is 0 Å². The maximum Gasteiger partial charge on any atom is 0.128 e. The van der Waals surface area contributed by atoms with E-state index < -0.39 is 0 Å². The minimum Gasteiger partial charge on any atom is -0.255 e. The van der Waals surface area contributed by atoms with Crippen LogP contribution in [0.3, 0.4) is 0 Å². The van der Waals surface area contributed by atoms with Crippen molar-refractivity contribution in [1.82, 2.24) is 15.2 Å². The van der Waals surface area contributed by atoms with E-state index in [4.69, 9.17) is 0 Å². The summed E-state index contributed by atoms with van der Waals surface area (Å²) in [5.41, 5.74) is 1.62. The van der Waals surface area contributed by atoms with E-state index in [0.29, 0.717) is 0 Å². The van der Waals surface area contributed by atoms with Crippen LogP contribution < -0.4 is 0 Å². The van der Waals surface area contributed by atoms with Gasteiger partial charge >= 0.3 is 0 Å². The highest BCUT2D eigenvalue weighted by molar-refractivity contribution is 9.10. The van der Waals surface area contributed by atoms with Crippen LogP contribution in [0.15, 0.2) is 41.1 Å². The van der Waals surface area contributed by atoms with Gasteiger partial charge in [-0.15, -0.1) is 10.2 Å². The summed E-state index contributed by atoms with van der Waals surface area (Å²) in [6.45, 7) is 0. The Morgan fingerprint density at radius 1 is 0.923 bits per heavy atom. The van der Waals surface area contributed by atoms with Gasteiger partial charge in [0, 0.05) is 6.20 Å². The van der Waals surface area contributed by atoms with E-state index in [0.717, 1.165) is 16.0 Å². The first-order valence-electron chi connectivity index (χ1n) is 3.77. The Labute approximate surface area is 84.0 Å². The second-order valence-corrected chi connectivity index (χ2v) is 3.27. The average Bonchev–Trinajstić information content (AvgIpc) is 2.20. The third-order valence-electron chi connectivity index (χ3n) is 1.56. The maximum absolute atomic E-state index is 4.16. The summed E-state index contributed by atoms with van der Waals surface area (Å²) < 4.78 is 0.729. The lowest BCUT2D eigenvalue weighted by atomic mass is 10.2. The molecule has 0 aromatic carbocycles. The van der Waals surface area contributed by atoms with E-state index in [9.17, 15) is 0 Å². The molecule has 64 valence electrons. The molecule has 3 nitrogen and oxygen atoms in total. The minimum atomic E-state index is 0.729. The molecule has 13 heavy (non-hydrogen) atoms. The molecule has 0 unspecified atom stereocenters. The summed E-state index contributed by atoms with van der Waals surface area (Å²) in [7, 11) is 0. The van der Waals surface area contributed by atoms with Crippen molar-refractivity contribution in [3.8, 4) is 11.4 Å². The Balaban J connectivity index is 2.42. The maximum atomic E-state index is 4.16. The summed E-state index contributed by atoms with van der Waals surface area (Å²) in [5, 5.41) is 7.87. The van der Waals surface area contributed by atoms with Gasteiger partial charge in [0.25, 0.3) is 0 Å². The molecule has 0 aliphatic heterocycles. The van der Waals surface area contributed by atoms with Gasteiger partial charge in [-0.3, -0.25) is 4.98 Å². The molecule has 4 heteroatoms. The van der Waals surface area contributed by atoms with Crippen LogP contribution in [-0.2, 0) is 0 Å². The van der Waals surface area contributed by atoms with E-state index in [2.05, 4.69) is 31.1 Å². The van der Waals surface area contributed by atoms with Gasteiger partial charge in [-0.1, -0.05) is 6.07 Å². The Kier molecular flexibility index (Phi) is 2.31. The first-order valence-corrected chi connectivity index (χ1v) is 4.56. The summed E-state index contributed by atoms with van der Waals surface area (Å²) in [6, 6.07) is 9.41. The molecule has 2 heterocycles. The fourth-order valence-electron chi connectivity index (χ4n) is 0.967. The second kappa shape index (κ2) is 3.62. The average molecular weight is 236 g/mol. The number of halogens is 1. The summed E-state index contributed by atoms with van der Waals surface area (Å²) in [5.74, 6) is 0. The van der Waals surface area contributed by atoms with Crippen LogP contribution in [0.2, 0.25) is 0 Å². The smallest absolute Gasteiger partial charge is 0.128 e. The van der Waals surface area contributed by atoms with Crippen LogP contribution >= 0.6 is 15.9 Å². The van der Waals surface area contributed by atoms with E-state index in [1.165, 1.54) is 0 Å². The fraction of sp³-hybridized carbons (Fsp3) is 0. The van der Waals surface area contributed by atoms with Crippen molar-refractivity contribution in [2.75, 3.05) is 0 Å². The molecule has 0 amide bonds. The van der Waals surface area contributed by atoms with Crippen LogP contribution in [0.25, 0.3) is 11.4 Å². The molecule has 2 aromatic rings. The van der Waals surface area contributed by atoms with E-state index in [1.54, 1.807) is 6.20 Å². The largest absolute Gasteiger partial charge is 0.255 e. The van der Waals surface area contributed by atoms with Crippen molar-refractivity contribution in [1.29, 1.82) is 0 Å². The van der Waals surface area contributed by atoms with Crippen molar-refractivity contribution in [2.24, 2.45) is 0 Å². The summed E-state index contributed by atoms with van der Waals surface area (Å²) >= 11 is 3.22. The molecule has 0 aliphatic rings. The molecule has 0 spiro atoms. The Hall–Kier alpha value is -1.29. The predicted molar refractivity (Wildman–Crippen MR) is 53.0 cm³/mol. The van der Waals surface area contributed by atoms with Crippen molar-refractivity contribution in [3.05, 3.63) is 41.1 Å². The quantitative estimate of drug-likeness (QED) is 0.762. The number of pyridine rings is 1. The van der Waals surface area contributed by atoms with Gasteiger partial charge in [0.2, 0.25) is 0 Å². The van der Waals surface area contributed by atoms with Gasteiger partial charge in [0.1, 0.15) is 10.3 Å². The molecule has 0 N–H and O–H groups in total. The molecule has 0 aliphatic carbocycles. The molecule has 0 saturated carbocycles.